The molecule has 4 rings (SSSR count). The number of halogens is 1. The lowest BCUT2D eigenvalue weighted by Gasteiger charge is -2.35. The minimum absolute atomic E-state index is 0. The number of hydrogen-bond acceptors (Lipinski definition) is 7. The molecule has 0 bridgehead atoms. The average molecular weight is 488 g/mol. The van der Waals surface area contributed by atoms with Crippen LogP contribution in [0.3, 0.4) is 0 Å². The molecule has 0 aromatic carbocycles. The summed E-state index contributed by atoms with van der Waals surface area (Å²) in [6.45, 7) is 4.50. The highest BCUT2D eigenvalue weighted by atomic mass is 79.9. The maximum Gasteiger partial charge on any atom is 0.336 e. The predicted octanol–water partition coefficient (Wildman–Crippen LogP) is 2.47. The van der Waals surface area contributed by atoms with Gasteiger partial charge in [0.25, 0.3) is 10.0 Å². The van der Waals surface area contributed by atoms with Crippen LogP contribution in [0.15, 0.2) is 40.7 Å². The van der Waals surface area contributed by atoms with Crippen molar-refractivity contribution in [3.05, 3.63) is 35.8 Å². The third-order valence-corrected chi connectivity index (χ3v) is 7.61. The number of amides is 2. The summed E-state index contributed by atoms with van der Waals surface area (Å²) < 4.78 is 26.2. The number of aromatic nitrogens is 1. The Morgan fingerprint density at radius 3 is 2.61 bits per heavy atom. The number of nitrogens with zero attached hydrogens (tertiary/aromatic N) is 4. The molecule has 2 aromatic heterocycles. The van der Waals surface area contributed by atoms with Crippen molar-refractivity contribution >= 4 is 55.2 Å². The highest BCUT2D eigenvalue weighted by molar-refractivity contribution is 8.93. The molecule has 0 unspecified atom stereocenters. The van der Waals surface area contributed by atoms with E-state index in [1.807, 2.05) is 18.2 Å². The molecule has 1 saturated heterocycles. The maximum absolute atomic E-state index is 12.6. The minimum Gasteiger partial charge on any atom is -0.354 e. The SMILES string of the molecule is Br.O=C1Nc2sccc2S(=O)(=O)N1CCCN1CCN(c2ccccn2)CC1. The van der Waals surface area contributed by atoms with Gasteiger partial charge in [0, 0.05) is 45.5 Å². The molecular weight excluding hydrogens is 466 g/mol. The number of hydrogen-bond donors (Lipinski definition) is 1. The number of carbonyl (C=O) groups excluding carboxylic acids is 1. The molecule has 1 fully saturated rings. The molecule has 1 N–H and O–H groups in total. The van der Waals surface area contributed by atoms with Crippen LogP contribution in [0.25, 0.3) is 0 Å². The van der Waals surface area contributed by atoms with Crippen LogP contribution >= 0.6 is 28.3 Å². The van der Waals surface area contributed by atoms with Crippen molar-refractivity contribution in [3.8, 4) is 0 Å². The van der Waals surface area contributed by atoms with Crippen molar-refractivity contribution < 1.29 is 13.2 Å². The second kappa shape index (κ2) is 8.76. The Morgan fingerprint density at radius 2 is 1.89 bits per heavy atom. The number of piperazine rings is 1. The first-order valence-corrected chi connectivity index (χ1v) is 11.2. The highest BCUT2D eigenvalue weighted by Crippen LogP contribution is 2.34. The second-order valence-electron chi connectivity index (χ2n) is 6.49. The topological polar surface area (TPSA) is 85.8 Å². The van der Waals surface area contributed by atoms with Crippen molar-refractivity contribution in [1.82, 2.24) is 14.2 Å². The molecule has 0 aliphatic carbocycles. The van der Waals surface area contributed by atoms with Crippen molar-refractivity contribution in [1.29, 1.82) is 0 Å². The molecule has 4 heterocycles. The number of sulfonamides is 1. The van der Waals surface area contributed by atoms with Gasteiger partial charge in [0.15, 0.2) is 0 Å². The Hall–Kier alpha value is -1.69. The predicted molar refractivity (Wildman–Crippen MR) is 115 cm³/mol. The Kier molecular flexibility index (Phi) is 6.58. The van der Waals surface area contributed by atoms with Gasteiger partial charge in [-0.25, -0.2) is 22.5 Å². The van der Waals surface area contributed by atoms with Crippen LogP contribution in [0.5, 0.6) is 0 Å². The van der Waals surface area contributed by atoms with E-state index in [0.29, 0.717) is 11.4 Å². The molecule has 0 saturated carbocycles. The van der Waals surface area contributed by atoms with Gasteiger partial charge in [0.1, 0.15) is 15.7 Å². The molecule has 0 atom stereocenters. The lowest BCUT2D eigenvalue weighted by Crippen LogP contribution is -2.48. The summed E-state index contributed by atoms with van der Waals surface area (Å²) in [4.78, 5) is 21.3. The number of fused-ring (bicyclic) bond motifs is 1. The smallest absolute Gasteiger partial charge is 0.336 e. The molecular formula is C17H22BrN5O3S2. The first kappa shape index (κ1) is 21.0. The van der Waals surface area contributed by atoms with E-state index in [1.54, 1.807) is 17.6 Å². The molecule has 8 nitrogen and oxygen atoms in total. The van der Waals surface area contributed by atoms with Crippen molar-refractivity contribution in [3.63, 3.8) is 0 Å². The summed E-state index contributed by atoms with van der Waals surface area (Å²) in [7, 11) is -3.74. The van der Waals surface area contributed by atoms with Crippen LogP contribution in [0.2, 0.25) is 0 Å². The van der Waals surface area contributed by atoms with Gasteiger partial charge in [-0.3, -0.25) is 10.2 Å². The lowest BCUT2D eigenvalue weighted by atomic mass is 10.3. The van der Waals surface area contributed by atoms with Crippen molar-refractivity contribution in [2.45, 2.75) is 11.3 Å². The van der Waals surface area contributed by atoms with Crippen molar-refractivity contribution in [2.75, 3.05) is 49.5 Å². The summed E-state index contributed by atoms with van der Waals surface area (Å²) in [5.41, 5.74) is 0. The standard InChI is InChI=1S/C17H21N5O3S2.BrH/c23-17-19-16-14(5-13-26-16)27(24,25)22(17)8-3-7-20-9-11-21(12-10-20)15-4-1-2-6-18-15;/h1-2,4-6,13H,3,7-12H2,(H,19,23);1H. The van der Waals surface area contributed by atoms with Gasteiger partial charge in [-0.05, 0) is 30.0 Å². The zero-order chi connectivity index (χ0) is 18.9. The maximum atomic E-state index is 12.6. The minimum atomic E-state index is -3.74. The lowest BCUT2D eigenvalue weighted by molar-refractivity contribution is 0.225. The van der Waals surface area contributed by atoms with Gasteiger partial charge >= 0.3 is 6.03 Å². The van der Waals surface area contributed by atoms with E-state index in [0.717, 1.165) is 42.8 Å². The number of rotatable bonds is 5. The molecule has 0 spiro atoms. The quantitative estimate of drug-likeness (QED) is 0.696. The third kappa shape index (κ3) is 4.17. The summed E-state index contributed by atoms with van der Waals surface area (Å²) in [5, 5.41) is 4.74. The molecule has 152 valence electrons. The molecule has 28 heavy (non-hydrogen) atoms. The molecule has 2 aliphatic rings. The van der Waals surface area contributed by atoms with Crippen LogP contribution in [0.4, 0.5) is 15.6 Å². The van der Waals surface area contributed by atoms with Gasteiger partial charge in [-0.1, -0.05) is 6.07 Å². The van der Waals surface area contributed by atoms with Crippen LogP contribution in [-0.2, 0) is 10.0 Å². The van der Waals surface area contributed by atoms with E-state index in [9.17, 15) is 13.2 Å². The van der Waals surface area contributed by atoms with E-state index in [4.69, 9.17) is 0 Å². The Bertz CT molecular complexity index is 914. The number of anilines is 2. The Labute approximate surface area is 179 Å². The first-order valence-electron chi connectivity index (χ1n) is 8.85. The average Bonchev–Trinajstić information content (AvgIpc) is 3.15. The highest BCUT2D eigenvalue weighted by Gasteiger charge is 2.37. The van der Waals surface area contributed by atoms with Gasteiger partial charge in [-0.15, -0.1) is 28.3 Å². The molecule has 2 aliphatic heterocycles. The van der Waals surface area contributed by atoms with Crippen LogP contribution in [-0.4, -0.2) is 67.9 Å². The van der Waals surface area contributed by atoms with Gasteiger partial charge < -0.3 is 4.90 Å². The first-order chi connectivity index (χ1) is 13.1. The Balaban J connectivity index is 0.00000225. The van der Waals surface area contributed by atoms with Crippen molar-refractivity contribution in [2.24, 2.45) is 0 Å². The number of carbonyl (C=O) groups is 1. The van der Waals surface area contributed by atoms with Gasteiger partial charge in [0.05, 0.1) is 0 Å². The number of thiophene rings is 1. The molecule has 2 amide bonds. The van der Waals surface area contributed by atoms with E-state index in [1.165, 1.54) is 11.3 Å². The van der Waals surface area contributed by atoms with Gasteiger partial charge in [0.2, 0.25) is 0 Å². The fraction of sp³-hybridized carbons (Fsp3) is 0.412. The number of nitrogens with one attached hydrogen (secondary N) is 1. The van der Waals surface area contributed by atoms with E-state index >= 15 is 0 Å². The third-order valence-electron chi connectivity index (χ3n) is 4.83. The summed E-state index contributed by atoms with van der Waals surface area (Å²) in [6, 6.07) is 6.87. The summed E-state index contributed by atoms with van der Waals surface area (Å²) in [6.07, 6.45) is 2.40. The van der Waals surface area contributed by atoms with Crippen LogP contribution in [0.1, 0.15) is 6.42 Å². The van der Waals surface area contributed by atoms with E-state index < -0.39 is 16.1 Å². The summed E-state index contributed by atoms with van der Waals surface area (Å²) >= 11 is 1.22. The molecule has 0 radical (unpaired) electrons. The van der Waals surface area contributed by atoms with E-state index in [-0.39, 0.29) is 28.4 Å². The number of pyridine rings is 1. The largest absolute Gasteiger partial charge is 0.354 e. The molecule has 11 heteroatoms. The number of urea groups is 1. The fourth-order valence-corrected chi connectivity index (χ4v) is 5.99. The van der Waals surface area contributed by atoms with Crippen LogP contribution < -0.4 is 10.2 Å². The zero-order valence-electron chi connectivity index (χ0n) is 15.2. The van der Waals surface area contributed by atoms with E-state index in [2.05, 4.69) is 20.1 Å². The summed E-state index contributed by atoms with van der Waals surface area (Å²) in [5.74, 6) is 0.986. The van der Waals surface area contributed by atoms with Crippen LogP contribution in [0, 0.1) is 0 Å². The normalized spacial score (nSPS) is 18.9. The fourth-order valence-electron chi connectivity index (χ4n) is 3.38. The second-order valence-corrected chi connectivity index (χ2v) is 9.24. The zero-order valence-corrected chi connectivity index (χ0v) is 18.5. The monoisotopic (exact) mass is 487 g/mol. The van der Waals surface area contributed by atoms with Gasteiger partial charge in [-0.2, -0.15) is 0 Å². The molecule has 2 aromatic rings. The Morgan fingerprint density at radius 1 is 1.11 bits per heavy atom.